The minimum absolute atomic E-state index is 0.211. The first-order valence-corrected chi connectivity index (χ1v) is 7.52. The minimum atomic E-state index is -0.211. The van der Waals surface area contributed by atoms with Crippen molar-refractivity contribution in [3.8, 4) is 0 Å². The number of aryl methyl sites for hydroxylation is 1. The van der Waals surface area contributed by atoms with E-state index in [4.69, 9.17) is 10.2 Å². The number of aliphatic imine (C=N–C) groups is 1. The van der Waals surface area contributed by atoms with Crippen LogP contribution in [0.1, 0.15) is 32.6 Å². The Hall–Kier alpha value is -1.94. The Morgan fingerprint density at radius 2 is 2.05 bits per heavy atom. The molecule has 4 nitrogen and oxygen atoms in total. The highest BCUT2D eigenvalue weighted by molar-refractivity contribution is 5.87. The average molecular weight is 283 g/mol. The summed E-state index contributed by atoms with van der Waals surface area (Å²) in [6.45, 7) is 4.23. The zero-order chi connectivity index (χ0) is 14.8. The van der Waals surface area contributed by atoms with Gasteiger partial charge in [0, 0.05) is 18.1 Å². The molecule has 0 radical (unpaired) electrons. The van der Waals surface area contributed by atoms with Crippen molar-refractivity contribution in [1.29, 1.82) is 0 Å². The van der Waals surface area contributed by atoms with Gasteiger partial charge >= 0.3 is 0 Å². The molecule has 21 heavy (non-hydrogen) atoms. The molecule has 2 aromatic rings. The van der Waals surface area contributed by atoms with E-state index in [2.05, 4.69) is 29.9 Å². The number of aromatic nitrogens is 1. The predicted octanol–water partition coefficient (Wildman–Crippen LogP) is 3.47. The van der Waals surface area contributed by atoms with Crippen LogP contribution >= 0.6 is 0 Å². The molecule has 3 rings (SSSR count). The van der Waals surface area contributed by atoms with E-state index in [-0.39, 0.29) is 6.17 Å². The fraction of sp³-hybridized carbons (Fsp3) is 0.412. The summed E-state index contributed by atoms with van der Waals surface area (Å²) in [5.74, 6) is 1.19. The number of rotatable bonds is 4. The largest absolute Gasteiger partial charge is 0.441 e. The molecule has 4 heteroatoms. The highest BCUT2D eigenvalue weighted by Gasteiger charge is 2.19. The summed E-state index contributed by atoms with van der Waals surface area (Å²) in [7, 11) is 0. The number of dihydropyridines is 1. The van der Waals surface area contributed by atoms with Gasteiger partial charge in [-0.25, -0.2) is 4.98 Å². The standard InChI is InChI=1S/C17H21N3O/c1-3-12-10-13(17(18)19-11(12)2)8-9-16-20-14-6-4-5-7-15(14)21-16/h4-7,10,12,17H,3,8-9,18H2,1-2H3. The Morgan fingerprint density at radius 3 is 2.81 bits per heavy atom. The Kier molecular flexibility index (Phi) is 3.88. The van der Waals surface area contributed by atoms with Crippen molar-refractivity contribution in [1.82, 2.24) is 4.98 Å². The monoisotopic (exact) mass is 283 g/mol. The maximum atomic E-state index is 6.12. The second-order valence-corrected chi connectivity index (χ2v) is 5.55. The molecule has 1 aliphatic heterocycles. The third kappa shape index (κ3) is 2.90. The number of allylic oxidation sites excluding steroid dienone is 1. The quantitative estimate of drug-likeness (QED) is 0.874. The van der Waals surface area contributed by atoms with Crippen molar-refractivity contribution < 1.29 is 4.42 Å². The van der Waals surface area contributed by atoms with Gasteiger partial charge in [-0.1, -0.05) is 25.1 Å². The molecule has 2 atom stereocenters. The Bertz CT molecular complexity index is 666. The second kappa shape index (κ2) is 5.82. The van der Waals surface area contributed by atoms with Gasteiger partial charge in [-0.3, -0.25) is 4.99 Å². The van der Waals surface area contributed by atoms with Gasteiger partial charge < -0.3 is 10.2 Å². The number of hydrogen-bond acceptors (Lipinski definition) is 4. The van der Waals surface area contributed by atoms with E-state index in [1.54, 1.807) is 0 Å². The second-order valence-electron chi connectivity index (χ2n) is 5.55. The molecule has 0 bridgehead atoms. The lowest BCUT2D eigenvalue weighted by Gasteiger charge is -2.23. The van der Waals surface area contributed by atoms with E-state index in [0.717, 1.165) is 42.0 Å². The smallest absolute Gasteiger partial charge is 0.195 e. The Balaban J connectivity index is 1.72. The summed E-state index contributed by atoms with van der Waals surface area (Å²) in [4.78, 5) is 9.05. The third-order valence-corrected chi connectivity index (χ3v) is 4.08. The molecule has 1 aliphatic rings. The number of nitrogens with zero attached hydrogens (tertiary/aromatic N) is 2. The summed E-state index contributed by atoms with van der Waals surface area (Å²) < 4.78 is 5.75. The lowest BCUT2D eigenvalue weighted by molar-refractivity contribution is 0.522. The van der Waals surface area contributed by atoms with Crippen LogP contribution in [-0.4, -0.2) is 16.9 Å². The molecule has 0 saturated carbocycles. The fourth-order valence-electron chi connectivity index (χ4n) is 2.80. The van der Waals surface area contributed by atoms with Gasteiger partial charge in [-0.05, 0) is 37.5 Å². The molecular weight excluding hydrogens is 262 g/mol. The van der Waals surface area contributed by atoms with E-state index in [1.165, 1.54) is 5.57 Å². The van der Waals surface area contributed by atoms with Crippen molar-refractivity contribution in [3.05, 3.63) is 41.8 Å². The van der Waals surface area contributed by atoms with Crippen LogP contribution < -0.4 is 5.73 Å². The molecule has 2 N–H and O–H groups in total. The van der Waals surface area contributed by atoms with Gasteiger partial charge in [-0.2, -0.15) is 0 Å². The highest BCUT2D eigenvalue weighted by atomic mass is 16.3. The van der Waals surface area contributed by atoms with Crippen LogP contribution in [0.2, 0.25) is 0 Å². The SMILES string of the molecule is CCC1C=C(CCc2nc3ccccc3o2)C(N)N=C1C. The molecule has 2 heterocycles. The number of hydrogen-bond donors (Lipinski definition) is 1. The zero-order valence-electron chi connectivity index (χ0n) is 12.5. The molecule has 2 unspecified atom stereocenters. The lowest BCUT2D eigenvalue weighted by Crippen LogP contribution is -2.28. The molecule has 1 aromatic carbocycles. The summed E-state index contributed by atoms with van der Waals surface area (Å²) in [6.07, 6.45) is 4.74. The van der Waals surface area contributed by atoms with E-state index < -0.39 is 0 Å². The molecule has 0 fully saturated rings. The van der Waals surface area contributed by atoms with Crippen LogP contribution in [0.4, 0.5) is 0 Å². The van der Waals surface area contributed by atoms with Crippen molar-refractivity contribution in [2.24, 2.45) is 16.6 Å². The molecule has 1 aromatic heterocycles. The van der Waals surface area contributed by atoms with E-state index in [9.17, 15) is 0 Å². The van der Waals surface area contributed by atoms with E-state index in [1.807, 2.05) is 24.3 Å². The summed E-state index contributed by atoms with van der Waals surface area (Å²) >= 11 is 0. The molecular formula is C17H21N3O. The van der Waals surface area contributed by atoms with Crippen molar-refractivity contribution in [2.75, 3.05) is 0 Å². The van der Waals surface area contributed by atoms with Gasteiger partial charge in [0.15, 0.2) is 11.5 Å². The van der Waals surface area contributed by atoms with Gasteiger partial charge in [0.05, 0.1) is 0 Å². The van der Waals surface area contributed by atoms with Gasteiger partial charge in [0.1, 0.15) is 11.7 Å². The summed E-state index contributed by atoms with van der Waals surface area (Å²) in [5.41, 5.74) is 10.2. The third-order valence-electron chi connectivity index (χ3n) is 4.08. The fourth-order valence-corrected chi connectivity index (χ4v) is 2.80. The molecule has 0 aliphatic carbocycles. The number of fused-ring (bicyclic) bond motifs is 1. The zero-order valence-corrected chi connectivity index (χ0v) is 12.5. The number of para-hydroxylation sites is 2. The first-order chi connectivity index (χ1) is 10.2. The van der Waals surface area contributed by atoms with Crippen LogP contribution in [0.5, 0.6) is 0 Å². The minimum Gasteiger partial charge on any atom is -0.441 e. The van der Waals surface area contributed by atoms with Crippen LogP contribution in [0.15, 0.2) is 45.3 Å². The Labute approximate surface area is 124 Å². The molecule has 110 valence electrons. The van der Waals surface area contributed by atoms with Crippen LogP contribution in [0.3, 0.4) is 0 Å². The maximum absolute atomic E-state index is 6.12. The molecule has 0 amide bonds. The van der Waals surface area contributed by atoms with Crippen molar-refractivity contribution >= 4 is 16.8 Å². The topological polar surface area (TPSA) is 64.4 Å². The van der Waals surface area contributed by atoms with E-state index in [0.29, 0.717) is 5.92 Å². The Morgan fingerprint density at radius 1 is 1.24 bits per heavy atom. The lowest BCUT2D eigenvalue weighted by atomic mass is 9.92. The van der Waals surface area contributed by atoms with Gasteiger partial charge in [0.2, 0.25) is 0 Å². The first kappa shape index (κ1) is 14.0. The summed E-state index contributed by atoms with van der Waals surface area (Å²) in [6, 6.07) is 7.84. The summed E-state index contributed by atoms with van der Waals surface area (Å²) in [5, 5.41) is 0. The number of benzene rings is 1. The number of nitrogens with two attached hydrogens (primary N) is 1. The first-order valence-electron chi connectivity index (χ1n) is 7.52. The number of oxazole rings is 1. The van der Waals surface area contributed by atoms with Crippen LogP contribution in [-0.2, 0) is 6.42 Å². The average Bonchev–Trinajstić information content (AvgIpc) is 2.89. The normalized spacial score (nSPS) is 22.2. The maximum Gasteiger partial charge on any atom is 0.195 e. The molecule has 0 spiro atoms. The molecule has 0 saturated heterocycles. The van der Waals surface area contributed by atoms with Gasteiger partial charge in [-0.15, -0.1) is 0 Å². The van der Waals surface area contributed by atoms with E-state index >= 15 is 0 Å². The predicted molar refractivity (Wildman–Crippen MR) is 85.3 cm³/mol. The van der Waals surface area contributed by atoms with Crippen molar-refractivity contribution in [2.45, 2.75) is 39.3 Å². The van der Waals surface area contributed by atoms with Crippen LogP contribution in [0.25, 0.3) is 11.1 Å². The van der Waals surface area contributed by atoms with Crippen LogP contribution in [0, 0.1) is 5.92 Å². The van der Waals surface area contributed by atoms with Crippen molar-refractivity contribution in [3.63, 3.8) is 0 Å². The highest BCUT2D eigenvalue weighted by Crippen LogP contribution is 2.23. The van der Waals surface area contributed by atoms with Gasteiger partial charge in [0.25, 0.3) is 0 Å².